The maximum absolute atomic E-state index is 12.8. The van der Waals surface area contributed by atoms with Gasteiger partial charge < -0.3 is 25.2 Å². The van der Waals surface area contributed by atoms with Crippen molar-refractivity contribution < 1.29 is 14.3 Å². The summed E-state index contributed by atoms with van der Waals surface area (Å²) in [5.74, 6) is -0.143. The fourth-order valence-electron chi connectivity index (χ4n) is 2.89. The largest absolute Gasteiger partial charge is 0.383 e. The van der Waals surface area contributed by atoms with E-state index in [1.165, 1.54) is 11.3 Å². The summed E-state index contributed by atoms with van der Waals surface area (Å²) in [6, 6.07) is 9.23. The highest BCUT2D eigenvalue weighted by Crippen LogP contribution is 2.25. The van der Waals surface area contributed by atoms with Crippen molar-refractivity contribution in [2.75, 3.05) is 44.6 Å². The van der Waals surface area contributed by atoms with Gasteiger partial charge in [0.15, 0.2) is 0 Å². The molecule has 0 aliphatic heterocycles. The quantitative estimate of drug-likeness (QED) is 0.661. The van der Waals surface area contributed by atoms with Crippen molar-refractivity contribution in [2.24, 2.45) is 0 Å². The second-order valence-corrected chi connectivity index (χ2v) is 9.21. The van der Waals surface area contributed by atoms with Crippen LogP contribution in [0.1, 0.15) is 36.0 Å². The molecule has 0 spiro atoms. The molecule has 7 nitrogen and oxygen atoms in total. The van der Waals surface area contributed by atoms with Crippen molar-refractivity contribution in [2.45, 2.75) is 32.9 Å². The minimum absolute atomic E-state index is 0.143. The van der Waals surface area contributed by atoms with Crippen LogP contribution in [0.5, 0.6) is 0 Å². The fraction of sp³-hybridized carbons (Fsp3) is 0.455. The van der Waals surface area contributed by atoms with E-state index in [9.17, 15) is 9.59 Å². The van der Waals surface area contributed by atoms with Gasteiger partial charge in [-0.3, -0.25) is 4.79 Å². The van der Waals surface area contributed by atoms with Gasteiger partial charge in [0, 0.05) is 51.2 Å². The van der Waals surface area contributed by atoms with Gasteiger partial charge in [-0.15, -0.1) is 11.3 Å². The first-order chi connectivity index (χ1) is 14.1. The number of thiophene rings is 1. The molecule has 2 rings (SSSR count). The molecule has 3 amide bonds. The van der Waals surface area contributed by atoms with Crippen molar-refractivity contribution in [3.63, 3.8) is 0 Å². The van der Waals surface area contributed by atoms with Gasteiger partial charge in [0.05, 0.1) is 11.5 Å². The molecular formula is C22H32N4O3S. The maximum Gasteiger partial charge on any atom is 0.318 e. The first kappa shape index (κ1) is 23.7. The predicted octanol–water partition coefficient (Wildman–Crippen LogP) is 4.02. The number of ether oxygens (including phenoxy) is 1. The zero-order valence-electron chi connectivity index (χ0n) is 18.6. The van der Waals surface area contributed by atoms with Gasteiger partial charge in [-0.25, -0.2) is 4.79 Å². The Hall–Kier alpha value is -2.58. The smallest absolute Gasteiger partial charge is 0.318 e. The normalized spacial score (nSPS) is 11.1. The van der Waals surface area contributed by atoms with Crippen LogP contribution < -0.4 is 15.5 Å². The highest BCUT2D eigenvalue weighted by Gasteiger charge is 2.21. The van der Waals surface area contributed by atoms with Crippen LogP contribution in [0.15, 0.2) is 35.7 Å². The molecule has 0 aliphatic rings. The third-order valence-corrected chi connectivity index (χ3v) is 5.13. The van der Waals surface area contributed by atoms with Gasteiger partial charge in [0.25, 0.3) is 5.91 Å². The Balaban J connectivity index is 2.28. The van der Waals surface area contributed by atoms with Gasteiger partial charge in [-0.05, 0) is 56.0 Å². The Labute approximate surface area is 183 Å². The average molecular weight is 433 g/mol. The number of hydrogen-bond acceptors (Lipinski definition) is 5. The second-order valence-electron chi connectivity index (χ2n) is 8.26. The Kier molecular flexibility index (Phi) is 8.25. The van der Waals surface area contributed by atoms with Crippen molar-refractivity contribution in [3.05, 3.63) is 46.2 Å². The highest BCUT2D eigenvalue weighted by atomic mass is 32.1. The van der Waals surface area contributed by atoms with Crippen molar-refractivity contribution >= 4 is 34.6 Å². The molecule has 0 radical (unpaired) electrons. The van der Waals surface area contributed by atoms with E-state index in [-0.39, 0.29) is 17.5 Å². The van der Waals surface area contributed by atoms with Gasteiger partial charge in [0.1, 0.15) is 0 Å². The number of amides is 3. The SMILES string of the molecule is COCCN(Cc1cc(NC(=O)c2cccs2)ccc1N(C)C)C(=O)NC(C)(C)C. The van der Waals surface area contributed by atoms with Crippen molar-refractivity contribution in [1.82, 2.24) is 10.2 Å². The molecule has 30 heavy (non-hydrogen) atoms. The molecule has 0 fully saturated rings. The summed E-state index contributed by atoms with van der Waals surface area (Å²) in [6.45, 7) is 7.13. The molecule has 2 N–H and O–H groups in total. The van der Waals surface area contributed by atoms with Crippen LogP contribution >= 0.6 is 11.3 Å². The predicted molar refractivity (Wildman–Crippen MR) is 124 cm³/mol. The number of nitrogens with one attached hydrogen (secondary N) is 2. The zero-order chi connectivity index (χ0) is 22.3. The summed E-state index contributed by atoms with van der Waals surface area (Å²) in [6.07, 6.45) is 0. The van der Waals surface area contributed by atoms with Crippen LogP contribution in [0.25, 0.3) is 0 Å². The molecular weight excluding hydrogens is 400 g/mol. The van der Waals surface area contributed by atoms with E-state index in [1.54, 1.807) is 18.1 Å². The third kappa shape index (κ3) is 7.03. The van der Waals surface area contributed by atoms with Crippen LogP contribution in [0.2, 0.25) is 0 Å². The third-order valence-electron chi connectivity index (χ3n) is 4.26. The van der Waals surface area contributed by atoms with E-state index >= 15 is 0 Å². The van der Waals surface area contributed by atoms with Gasteiger partial charge in [0.2, 0.25) is 0 Å². The summed E-state index contributed by atoms with van der Waals surface area (Å²) >= 11 is 1.40. The molecule has 0 saturated heterocycles. The summed E-state index contributed by atoms with van der Waals surface area (Å²) in [7, 11) is 5.53. The molecule has 0 unspecified atom stereocenters. The minimum Gasteiger partial charge on any atom is -0.383 e. The molecule has 164 valence electrons. The number of benzene rings is 1. The Morgan fingerprint density at radius 1 is 1.17 bits per heavy atom. The average Bonchev–Trinajstić information content (AvgIpc) is 3.18. The highest BCUT2D eigenvalue weighted by molar-refractivity contribution is 7.12. The lowest BCUT2D eigenvalue weighted by Crippen LogP contribution is -2.49. The van der Waals surface area contributed by atoms with Gasteiger partial charge in [-0.1, -0.05) is 6.07 Å². The van der Waals surface area contributed by atoms with Gasteiger partial charge in [-0.2, -0.15) is 0 Å². The van der Waals surface area contributed by atoms with Crippen molar-refractivity contribution in [3.8, 4) is 0 Å². The summed E-state index contributed by atoms with van der Waals surface area (Å²) in [5.41, 5.74) is 2.26. The van der Waals surface area contributed by atoms with E-state index in [1.807, 2.05) is 69.4 Å². The number of methoxy groups -OCH3 is 1. The van der Waals surface area contributed by atoms with Crippen LogP contribution in [0.4, 0.5) is 16.2 Å². The lowest BCUT2D eigenvalue weighted by atomic mass is 10.1. The van der Waals surface area contributed by atoms with E-state index in [0.29, 0.717) is 30.3 Å². The number of rotatable bonds is 8. The summed E-state index contributed by atoms with van der Waals surface area (Å²) in [4.78, 5) is 29.7. The standard InChI is InChI=1S/C22H32N4O3S/c1-22(2,3)24-21(28)26(11-12-29-6)15-16-14-17(9-10-18(16)25(4)5)23-20(27)19-8-7-13-30-19/h7-10,13-14H,11-12,15H2,1-6H3,(H,23,27)(H,24,28). The van der Waals surface area contributed by atoms with E-state index in [4.69, 9.17) is 4.74 Å². The summed E-state index contributed by atoms with van der Waals surface area (Å²) in [5, 5.41) is 7.83. The lowest BCUT2D eigenvalue weighted by Gasteiger charge is -2.30. The Morgan fingerprint density at radius 3 is 2.47 bits per heavy atom. The number of urea groups is 1. The van der Waals surface area contributed by atoms with Crippen LogP contribution in [-0.4, -0.2) is 56.7 Å². The van der Waals surface area contributed by atoms with E-state index < -0.39 is 0 Å². The zero-order valence-corrected chi connectivity index (χ0v) is 19.4. The van der Waals surface area contributed by atoms with Gasteiger partial charge >= 0.3 is 6.03 Å². The molecule has 8 heteroatoms. The second kappa shape index (κ2) is 10.4. The molecule has 0 atom stereocenters. The molecule has 1 aromatic heterocycles. The minimum atomic E-state index is -0.344. The molecule has 1 aromatic carbocycles. The molecule has 0 bridgehead atoms. The number of anilines is 2. The number of carbonyl (C=O) groups is 2. The van der Waals surface area contributed by atoms with Crippen molar-refractivity contribution in [1.29, 1.82) is 0 Å². The number of nitrogens with zero attached hydrogens (tertiary/aromatic N) is 2. The first-order valence-electron chi connectivity index (χ1n) is 9.82. The first-order valence-corrected chi connectivity index (χ1v) is 10.7. The topological polar surface area (TPSA) is 73.9 Å². The molecule has 0 saturated carbocycles. The maximum atomic E-state index is 12.8. The van der Waals surface area contributed by atoms with Crippen LogP contribution in [0.3, 0.4) is 0 Å². The molecule has 0 aliphatic carbocycles. The molecule has 1 heterocycles. The van der Waals surface area contributed by atoms with Crippen LogP contribution in [-0.2, 0) is 11.3 Å². The lowest BCUT2D eigenvalue weighted by molar-refractivity contribution is 0.103. The molecule has 2 aromatic rings. The fourth-order valence-corrected chi connectivity index (χ4v) is 3.50. The Bertz CT molecular complexity index is 845. The number of carbonyl (C=O) groups excluding carboxylic acids is 2. The number of hydrogen-bond donors (Lipinski definition) is 2. The van der Waals surface area contributed by atoms with Crippen LogP contribution in [0, 0.1) is 0 Å². The van der Waals surface area contributed by atoms with E-state index in [2.05, 4.69) is 10.6 Å². The van der Waals surface area contributed by atoms with E-state index in [0.717, 1.165) is 11.3 Å². The monoisotopic (exact) mass is 432 g/mol. The summed E-state index contributed by atoms with van der Waals surface area (Å²) < 4.78 is 5.20. The Morgan fingerprint density at radius 2 is 1.90 bits per heavy atom.